The minimum atomic E-state index is -0.0541. The first-order valence-electron chi connectivity index (χ1n) is 5.89. The Morgan fingerprint density at radius 2 is 1.67 bits per heavy atom. The molecule has 0 radical (unpaired) electrons. The molecule has 18 heavy (non-hydrogen) atoms. The van der Waals surface area contributed by atoms with Crippen LogP contribution in [-0.2, 0) is 0 Å². The average Bonchev–Trinajstić information content (AvgIpc) is 2.40. The van der Waals surface area contributed by atoms with Crippen molar-refractivity contribution in [2.24, 2.45) is 4.99 Å². The summed E-state index contributed by atoms with van der Waals surface area (Å²) in [6, 6.07) is 3.33. The molecule has 0 heterocycles. The summed E-state index contributed by atoms with van der Waals surface area (Å²) in [5.41, 5.74) is 1.11. The van der Waals surface area contributed by atoms with Crippen molar-refractivity contribution < 1.29 is 14.3 Å². The predicted octanol–water partition coefficient (Wildman–Crippen LogP) is 3.65. The molecule has 1 aromatic carbocycles. The zero-order chi connectivity index (χ0) is 14.1. The Bertz CT molecular complexity index is 425. The summed E-state index contributed by atoms with van der Waals surface area (Å²) in [6.45, 7) is 7.29. The van der Waals surface area contributed by atoms with Crippen molar-refractivity contribution in [2.45, 2.75) is 27.7 Å². The molecule has 4 nitrogen and oxygen atoms in total. The van der Waals surface area contributed by atoms with Gasteiger partial charge in [0.05, 0.1) is 19.9 Å². The van der Waals surface area contributed by atoms with Crippen LogP contribution < -0.4 is 9.47 Å². The third-order valence-electron chi connectivity index (χ3n) is 2.15. The maximum absolute atomic E-state index is 11.4. The smallest absolute Gasteiger partial charge is 0.162 e. The first-order chi connectivity index (χ1) is 8.63. The lowest BCUT2D eigenvalue weighted by molar-refractivity contribution is 0.101. The van der Waals surface area contributed by atoms with Gasteiger partial charge in [-0.25, -0.2) is 0 Å². The Labute approximate surface area is 109 Å². The van der Waals surface area contributed by atoms with Gasteiger partial charge in [0.1, 0.15) is 0 Å². The van der Waals surface area contributed by atoms with Crippen LogP contribution in [0.5, 0.6) is 11.5 Å². The van der Waals surface area contributed by atoms with Crippen LogP contribution in [0.2, 0.25) is 0 Å². The third kappa shape index (κ3) is 3.87. The highest BCUT2D eigenvalue weighted by molar-refractivity contribution is 6.00. The molecule has 0 spiro atoms. The predicted molar refractivity (Wildman–Crippen MR) is 74.7 cm³/mol. The fraction of sp³-hybridized carbons (Fsp3) is 0.429. The van der Waals surface area contributed by atoms with Gasteiger partial charge in [0, 0.05) is 17.8 Å². The summed E-state index contributed by atoms with van der Waals surface area (Å²) in [5.74, 6) is 1.04. The Hall–Kier alpha value is -1.84. The summed E-state index contributed by atoms with van der Waals surface area (Å²) in [5, 5.41) is 0. The second kappa shape index (κ2) is 8.28. The van der Waals surface area contributed by atoms with Gasteiger partial charge in [-0.1, -0.05) is 13.8 Å². The van der Waals surface area contributed by atoms with Crippen molar-refractivity contribution in [1.82, 2.24) is 0 Å². The highest BCUT2D eigenvalue weighted by Gasteiger charge is 2.13. The zero-order valence-corrected chi connectivity index (χ0v) is 11.9. The number of benzene rings is 1. The topological polar surface area (TPSA) is 47.9 Å². The quantitative estimate of drug-likeness (QED) is 0.606. The Morgan fingerprint density at radius 1 is 1.17 bits per heavy atom. The number of methoxy groups -OCH3 is 2. The molecule has 1 rings (SSSR count). The van der Waals surface area contributed by atoms with E-state index in [9.17, 15) is 4.79 Å². The van der Waals surface area contributed by atoms with Crippen LogP contribution in [0, 0.1) is 0 Å². The molecule has 0 saturated carbocycles. The van der Waals surface area contributed by atoms with Crippen LogP contribution in [0.4, 0.5) is 5.69 Å². The van der Waals surface area contributed by atoms with E-state index < -0.39 is 0 Å². The molecular weight excluding hydrogens is 230 g/mol. The number of rotatable bonds is 4. The molecule has 0 bridgehead atoms. The van der Waals surface area contributed by atoms with Gasteiger partial charge in [-0.05, 0) is 19.9 Å². The van der Waals surface area contributed by atoms with Crippen molar-refractivity contribution in [2.75, 3.05) is 14.2 Å². The van der Waals surface area contributed by atoms with Crippen LogP contribution in [0.15, 0.2) is 17.1 Å². The molecule has 0 amide bonds. The number of hydrogen-bond donors (Lipinski definition) is 0. The first kappa shape index (κ1) is 16.2. The molecule has 0 atom stereocenters. The van der Waals surface area contributed by atoms with Crippen molar-refractivity contribution >= 4 is 17.7 Å². The molecule has 0 unspecified atom stereocenters. The van der Waals surface area contributed by atoms with Gasteiger partial charge in [0.2, 0.25) is 0 Å². The monoisotopic (exact) mass is 251 g/mol. The van der Waals surface area contributed by atoms with Crippen LogP contribution in [-0.4, -0.2) is 26.2 Å². The molecule has 0 fully saturated rings. The van der Waals surface area contributed by atoms with Gasteiger partial charge < -0.3 is 9.47 Å². The SMILES string of the molecule is CC.CC=Nc1cc(OC)c(OC)cc1C(C)=O. The molecule has 100 valence electrons. The van der Waals surface area contributed by atoms with E-state index in [1.807, 2.05) is 13.8 Å². The molecule has 0 N–H and O–H groups in total. The minimum absolute atomic E-state index is 0.0541. The highest BCUT2D eigenvalue weighted by atomic mass is 16.5. The van der Waals surface area contributed by atoms with Crippen LogP contribution >= 0.6 is 0 Å². The van der Waals surface area contributed by atoms with Crippen LogP contribution in [0.3, 0.4) is 0 Å². The molecule has 0 aromatic heterocycles. The zero-order valence-electron chi connectivity index (χ0n) is 11.9. The summed E-state index contributed by atoms with van der Waals surface area (Å²) < 4.78 is 10.3. The minimum Gasteiger partial charge on any atom is -0.493 e. The van der Waals surface area contributed by atoms with Gasteiger partial charge in [0.25, 0.3) is 0 Å². The van der Waals surface area contributed by atoms with Crippen molar-refractivity contribution in [3.63, 3.8) is 0 Å². The van der Waals surface area contributed by atoms with E-state index in [1.165, 1.54) is 14.0 Å². The number of Topliss-reactive ketones (excluding diaryl/α,β-unsaturated/α-hetero) is 1. The Kier molecular flexibility index (Phi) is 7.43. The second-order valence-electron chi connectivity index (χ2n) is 3.17. The number of ether oxygens (including phenoxy) is 2. The standard InChI is InChI=1S/C12H15NO3.C2H6/c1-5-13-10-7-12(16-4)11(15-3)6-9(10)8(2)14;1-2/h5-7H,1-4H3;1-2H3. The number of carbonyl (C=O) groups is 1. The average molecular weight is 251 g/mol. The highest BCUT2D eigenvalue weighted by Crippen LogP contribution is 2.34. The van der Waals surface area contributed by atoms with Crippen molar-refractivity contribution in [3.05, 3.63) is 17.7 Å². The molecule has 0 aliphatic rings. The largest absolute Gasteiger partial charge is 0.493 e. The fourth-order valence-corrected chi connectivity index (χ4v) is 1.40. The molecule has 0 aliphatic heterocycles. The van der Waals surface area contributed by atoms with Gasteiger partial charge in [0.15, 0.2) is 17.3 Å². The summed E-state index contributed by atoms with van der Waals surface area (Å²) in [4.78, 5) is 15.6. The number of carbonyl (C=O) groups excluding carboxylic acids is 1. The van der Waals surface area contributed by atoms with Gasteiger partial charge >= 0.3 is 0 Å². The maximum atomic E-state index is 11.4. The van der Waals surface area contributed by atoms with Gasteiger partial charge in [-0.15, -0.1) is 0 Å². The van der Waals surface area contributed by atoms with E-state index in [-0.39, 0.29) is 5.78 Å². The number of hydrogen-bond acceptors (Lipinski definition) is 4. The fourth-order valence-electron chi connectivity index (χ4n) is 1.40. The molecule has 4 heteroatoms. The van der Waals surface area contributed by atoms with E-state index in [0.717, 1.165) is 0 Å². The summed E-state index contributed by atoms with van der Waals surface area (Å²) in [6.07, 6.45) is 1.63. The first-order valence-corrected chi connectivity index (χ1v) is 5.89. The van der Waals surface area contributed by atoms with E-state index in [2.05, 4.69) is 4.99 Å². The van der Waals surface area contributed by atoms with E-state index in [0.29, 0.717) is 22.7 Å². The van der Waals surface area contributed by atoms with Gasteiger partial charge in [-0.2, -0.15) is 0 Å². The second-order valence-corrected chi connectivity index (χ2v) is 3.17. The maximum Gasteiger partial charge on any atom is 0.162 e. The lowest BCUT2D eigenvalue weighted by Gasteiger charge is -2.10. The van der Waals surface area contributed by atoms with E-state index in [4.69, 9.17) is 9.47 Å². The molecule has 0 aliphatic carbocycles. The normalized spacial score (nSPS) is 9.67. The van der Waals surface area contributed by atoms with E-state index >= 15 is 0 Å². The molecule has 1 aromatic rings. The lowest BCUT2D eigenvalue weighted by Crippen LogP contribution is -1.97. The number of ketones is 1. The van der Waals surface area contributed by atoms with Crippen molar-refractivity contribution in [3.8, 4) is 11.5 Å². The van der Waals surface area contributed by atoms with Gasteiger partial charge in [-0.3, -0.25) is 9.79 Å². The van der Waals surface area contributed by atoms with Crippen molar-refractivity contribution in [1.29, 1.82) is 0 Å². The lowest BCUT2D eigenvalue weighted by atomic mass is 10.1. The summed E-state index contributed by atoms with van der Waals surface area (Å²) >= 11 is 0. The van der Waals surface area contributed by atoms with E-state index in [1.54, 1.807) is 32.4 Å². The number of aliphatic imine (C=N–C) groups is 1. The Balaban J connectivity index is 0.00000137. The van der Waals surface area contributed by atoms with Crippen LogP contribution in [0.1, 0.15) is 38.1 Å². The molecular formula is C14H21NO3. The Morgan fingerprint density at radius 3 is 2.06 bits per heavy atom. The molecule has 0 saturated heterocycles. The third-order valence-corrected chi connectivity index (χ3v) is 2.15. The summed E-state index contributed by atoms with van der Waals surface area (Å²) in [7, 11) is 3.08. The number of nitrogens with zero attached hydrogens (tertiary/aromatic N) is 1. The van der Waals surface area contributed by atoms with Crippen LogP contribution in [0.25, 0.3) is 0 Å².